The van der Waals surface area contributed by atoms with Crippen LogP contribution in [0.4, 0.5) is 4.39 Å². The van der Waals surface area contributed by atoms with Crippen LogP contribution in [-0.4, -0.2) is 9.55 Å². The van der Waals surface area contributed by atoms with E-state index in [4.69, 9.17) is 9.47 Å². The zero-order valence-corrected chi connectivity index (χ0v) is 14.2. The van der Waals surface area contributed by atoms with Crippen molar-refractivity contribution in [1.29, 1.82) is 0 Å². The van der Waals surface area contributed by atoms with Gasteiger partial charge >= 0.3 is 0 Å². The van der Waals surface area contributed by atoms with Crippen LogP contribution >= 0.6 is 0 Å². The maximum Gasteiger partial charge on any atom is 0.147 e. The van der Waals surface area contributed by atoms with Gasteiger partial charge in [0.05, 0.1) is 11.0 Å². The van der Waals surface area contributed by atoms with E-state index in [1.54, 1.807) is 12.1 Å². The second-order valence-corrected chi connectivity index (χ2v) is 5.90. The van der Waals surface area contributed by atoms with Crippen LogP contribution in [0.1, 0.15) is 5.82 Å². The fourth-order valence-electron chi connectivity index (χ4n) is 2.74. The van der Waals surface area contributed by atoms with E-state index in [1.807, 2.05) is 60.1 Å². The topological polar surface area (TPSA) is 36.3 Å². The Bertz CT molecular complexity index is 1040. The number of ether oxygens (including phenoxy) is 2. The van der Waals surface area contributed by atoms with Crippen molar-refractivity contribution in [1.82, 2.24) is 9.55 Å². The van der Waals surface area contributed by atoms with Gasteiger partial charge in [0, 0.05) is 19.2 Å². The minimum absolute atomic E-state index is 0.329. The SMILES string of the molecule is Cn1c(COc2ccccc2)nc2ccc(Oc3cccc(F)c3)cc21. The van der Waals surface area contributed by atoms with Gasteiger partial charge in [-0.3, -0.25) is 0 Å². The molecular weight excluding hydrogens is 331 g/mol. The maximum atomic E-state index is 13.3. The van der Waals surface area contributed by atoms with E-state index >= 15 is 0 Å². The lowest BCUT2D eigenvalue weighted by Gasteiger charge is -2.07. The molecule has 1 aromatic heterocycles. The number of nitrogens with zero attached hydrogens (tertiary/aromatic N) is 2. The predicted octanol–water partition coefficient (Wildman–Crippen LogP) is 5.08. The van der Waals surface area contributed by atoms with Gasteiger partial charge in [-0.1, -0.05) is 24.3 Å². The smallest absolute Gasteiger partial charge is 0.147 e. The molecule has 0 N–H and O–H groups in total. The highest BCUT2D eigenvalue weighted by molar-refractivity contribution is 5.77. The molecule has 130 valence electrons. The van der Waals surface area contributed by atoms with Crippen LogP contribution in [0, 0.1) is 5.82 Å². The van der Waals surface area contributed by atoms with Crippen molar-refractivity contribution in [3.8, 4) is 17.2 Å². The average molecular weight is 348 g/mol. The molecule has 5 heteroatoms. The van der Waals surface area contributed by atoms with E-state index in [-0.39, 0.29) is 5.82 Å². The first-order valence-corrected chi connectivity index (χ1v) is 8.26. The Hall–Kier alpha value is -3.34. The molecule has 0 bridgehead atoms. The number of halogens is 1. The maximum absolute atomic E-state index is 13.3. The van der Waals surface area contributed by atoms with Crippen molar-refractivity contribution >= 4 is 11.0 Å². The number of hydrogen-bond donors (Lipinski definition) is 0. The number of para-hydroxylation sites is 1. The van der Waals surface area contributed by atoms with Crippen LogP contribution in [0.2, 0.25) is 0 Å². The lowest BCUT2D eigenvalue weighted by molar-refractivity contribution is 0.292. The number of fused-ring (bicyclic) bond motifs is 1. The molecule has 0 atom stereocenters. The second-order valence-electron chi connectivity index (χ2n) is 5.90. The van der Waals surface area contributed by atoms with E-state index in [2.05, 4.69) is 4.98 Å². The molecule has 3 aromatic carbocycles. The van der Waals surface area contributed by atoms with Gasteiger partial charge in [0.2, 0.25) is 0 Å². The molecule has 0 saturated carbocycles. The van der Waals surface area contributed by atoms with Gasteiger partial charge in [0.15, 0.2) is 0 Å². The fourth-order valence-corrected chi connectivity index (χ4v) is 2.74. The van der Waals surface area contributed by atoms with Crippen LogP contribution in [-0.2, 0) is 13.7 Å². The van der Waals surface area contributed by atoms with Crippen molar-refractivity contribution in [3.05, 3.63) is 84.4 Å². The minimum atomic E-state index is -0.329. The summed E-state index contributed by atoms with van der Waals surface area (Å²) in [4.78, 5) is 4.61. The van der Waals surface area contributed by atoms with Crippen molar-refractivity contribution in [2.75, 3.05) is 0 Å². The second kappa shape index (κ2) is 6.88. The number of benzene rings is 3. The van der Waals surface area contributed by atoms with Gasteiger partial charge in [-0.15, -0.1) is 0 Å². The number of imidazole rings is 1. The average Bonchev–Trinajstić information content (AvgIpc) is 2.97. The summed E-state index contributed by atoms with van der Waals surface area (Å²) in [6, 6.07) is 21.3. The summed E-state index contributed by atoms with van der Waals surface area (Å²) < 4.78 is 26.8. The molecule has 4 nitrogen and oxygen atoms in total. The van der Waals surface area contributed by atoms with E-state index in [9.17, 15) is 4.39 Å². The third kappa shape index (κ3) is 3.37. The summed E-state index contributed by atoms with van der Waals surface area (Å²) in [7, 11) is 1.94. The largest absolute Gasteiger partial charge is 0.486 e. The number of aryl methyl sites for hydroxylation is 1. The van der Waals surface area contributed by atoms with Gasteiger partial charge in [-0.05, 0) is 36.4 Å². The number of hydrogen-bond acceptors (Lipinski definition) is 3. The first-order valence-electron chi connectivity index (χ1n) is 8.26. The van der Waals surface area contributed by atoms with Gasteiger partial charge in [-0.2, -0.15) is 0 Å². The van der Waals surface area contributed by atoms with Crippen LogP contribution in [0.3, 0.4) is 0 Å². The van der Waals surface area contributed by atoms with Crippen molar-refractivity contribution in [2.45, 2.75) is 6.61 Å². The Morgan fingerprint density at radius 2 is 1.65 bits per heavy atom. The Morgan fingerprint density at radius 3 is 2.46 bits per heavy atom. The first-order chi connectivity index (χ1) is 12.7. The van der Waals surface area contributed by atoms with Crippen molar-refractivity contribution < 1.29 is 13.9 Å². The molecule has 0 radical (unpaired) electrons. The lowest BCUT2D eigenvalue weighted by atomic mass is 10.3. The van der Waals surface area contributed by atoms with Crippen molar-refractivity contribution in [3.63, 3.8) is 0 Å². The highest BCUT2D eigenvalue weighted by Gasteiger charge is 2.10. The fraction of sp³-hybridized carbons (Fsp3) is 0.0952. The third-order valence-electron chi connectivity index (χ3n) is 4.09. The highest BCUT2D eigenvalue weighted by atomic mass is 19.1. The van der Waals surface area contributed by atoms with E-state index in [1.165, 1.54) is 12.1 Å². The van der Waals surface area contributed by atoms with Crippen LogP contribution < -0.4 is 9.47 Å². The Morgan fingerprint density at radius 1 is 0.885 bits per heavy atom. The molecule has 0 spiro atoms. The summed E-state index contributed by atoms with van der Waals surface area (Å²) in [6.07, 6.45) is 0. The summed E-state index contributed by atoms with van der Waals surface area (Å²) in [5.41, 5.74) is 1.77. The van der Waals surface area contributed by atoms with Gasteiger partial charge < -0.3 is 14.0 Å². The van der Waals surface area contributed by atoms with E-state index in [0.29, 0.717) is 18.1 Å². The van der Waals surface area contributed by atoms with Gasteiger partial charge in [0.1, 0.15) is 35.5 Å². The first kappa shape index (κ1) is 16.1. The Balaban J connectivity index is 1.57. The summed E-state index contributed by atoms with van der Waals surface area (Å²) in [5.74, 6) is 2.37. The van der Waals surface area contributed by atoms with Crippen molar-refractivity contribution in [2.24, 2.45) is 7.05 Å². The van der Waals surface area contributed by atoms with Crippen LogP contribution in [0.5, 0.6) is 17.2 Å². The molecule has 0 saturated heterocycles. The third-order valence-corrected chi connectivity index (χ3v) is 4.09. The highest BCUT2D eigenvalue weighted by Crippen LogP contribution is 2.26. The molecule has 1 heterocycles. The van der Waals surface area contributed by atoms with Crippen LogP contribution in [0.25, 0.3) is 11.0 Å². The number of rotatable bonds is 5. The molecule has 0 aliphatic rings. The lowest BCUT2D eigenvalue weighted by Crippen LogP contribution is -2.03. The Kier molecular flexibility index (Phi) is 4.27. The molecular formula is C21H17FN2O2. The van der Waals surface area contributed by atoms with E-state index in [0.717, 1.165) is 22.6 Å². The van der Waals surface area contributed by atoms with E-state index < -0.39 is 0 Å². The zero-order chi connectivity index (χ0) is 17.9. The van der Waals surface area contributed by atoms with Gasteiger partial charge in [0.25, 0.3) is 0 Å². The zero-order valence-electron chi connectivity index (χ0n) is 14.2. The summed E-state index contributed by atoms with van der Waals surface area (Å²) in [5, 5.41) is 0. The number of aromatic nitrogens is 2. The molecule has 0 aliphatic carbocycles. The molecule has 0 aliphatic heterocycles. The standard InChI is InChI=1S/C21H17FN2O2/c1-24-20-13-18(26-17-9-5-6-15(22)12-17)10-11-19(20)23-21(24)14-25-16-7-3-2-4-8-16/h2-13H,14H2,1H3. The molecule has 26 heavy (non-hydrogen) atoms. The molecule has 4 rings (SSSR count). The predicted molar refractivity (Wildman–Crippen MR) is 98.0 cm³/mol. The molecule has 0 fully saturated rings. The van der Waals surface area contributed by atoms with Gasteiger partial charge in [-0.25, -0.2) is 9.37 Å². The minimum Gasteiger partial charge on any atom is -0.486 e. The molecule has 0 amide bonds. The normalized spacial score (nSPS) is 10.8. The summed E-state index contributed by atoms with van der Waals surface area (Å²) in [6.45, 7) is 0.370. The summed E-state index contributed by atoms with van der Waals surface area (Å²) >= 11 is 0. The molecule has 4 aromatic rings. The van der Waals surface area contributed by atoms with Crippen LogP contribution in [0.15, 0.2) is 72.8 Å². The molecule has 0 unspecified atom stereocenters. The Labute approximate surface area is 150 Å². The monoisotopic (exact) mass is 348 g/mol. The quantitative estimate of drug-likeness (QED) is 0.504.